The molecule has 6 rings (SSSR count). The predicted octanol–water partition coefficient (Wildman–Crippen LogP) is 9.45. The average Bonchev–Trinajstić information content (AvgIpc) is 3.51. The second-order valence-electron chi connectivity index (χ2n) is 11.2. The summed E-state index contributed by atoms with van der Waals surface area (Å²) in [5.41, 5.74) is 9.95. The van der Waals surface area contributed by atoms with Gasteiger partial charge in [0.15, 0.2) is 0 Å². The van der Waals surface area contributed by atoms with Crippen LogP contribution in [0.25, 0.3) is 33.0 Å². The van der Waals surface area contributed by atoms with Gasteiger partial charge in [-0.05, 0) is 29.4 Å². The zero-order chi connectivity index (χ0) is 28.2. The van der Waals surface area contributed by atoms with E-state index in [9.17, 15) is 0 Å². The normalized spacial score (nSPS) is 11.6. The Bertz CT molecular complexity index is 1520. The van der Waals surface area contributed by atoms with Crippen LogP contribution < -0.4 is 10.4 Å². The van der Waals surface area contributed by atoms with Gasteiger partial charge in [-0.2, -0.15) is 35.5 Å². The number of benzene rings is 4. The van der Waals surface area contributed by atoms with Gasteiger partial charge >= 0.3 is 37.9 Å². The van der Waals surface area contributed by atoms with Crippen LogP contribution in [0.5, 0.6) is 0 Å². The van der Waals surface area contributed by atoms with Crippen molar-refractivity contribution in [3.63, 3.8) is 0 Å². The molecule has 1 aliphatic rings. The second-order valence-corrected chi connectivity index (χ2v) is 16.2. The molecule has 0 unspecified atom stereocenters. The van der Waals surface area contributed by atoms with Crippen LogP contribution in [0.4, 0.5) is 0 Å². The minimum Gasteiger partial charge on any atom is -0.184 e. The Morgan fingerprint density at radius 3 is 2.15 bits per heavy atom. The number of hydrogen-bond acceptors (Lipinski definition) is 0. The Balaban J connectivity index is 0.000000184. The molecule has 0 aromatic heterocycles. The van der Waals surface area contributed by atoms with Crippen LogP contribution in [0.1, 0.15) is 57.2 Å². The molecule has 4 heteroatoms. The summed E-state index contributed by atoms with van der Waals surface area (Å²) in [7, 11) is 10.7. The molecule has 1 heterocycles. The molecule has 0 bridgehead atoms. The van der Waals surface area contributed by atoms with Crippen molar-refractivity contribution >= 4 is 47.7 Å². The van der Waals surface area contributed by atoms with Crippen molar-refractivity contribution in [1.29, 1.82) is 0 Å². The quantitative estimate of drug-likeness (QED) is 0.130. The molecule has 0 N–H and O–H groups in total. The minimum absolute atomic E-state index is 0.181. The summed E-state index contributed by atoms with van der Waals surface area (Å²) in [6.07, 6.45) is 0. The molecule has 0 atom stereocenters. The number of hydrogen-bond donors (Lipinski definition) is 0. The Kier molecular flexibility index (Phi) is 10.2. The Labute approximate surface area is 255 Å². The maximum Gasteiger partial charge on any atom is 0.0920 e. The molecule has 0 amide bonds. The summed E-state index contributed by atoms with van der Waals surface area (Å²) in [5.74, 6) is 0.516. The SMILES string of the molecule is Cc1ccccc1-c1c(C(C)C)ccc2[cH-]c(C(C)(C)C)cc12.[Cl][Zr+2][Cl].[c-]1cccc2c1[Si]c1ccccc1-2. The largest absolute Gasteiger partial charge is 0.184 e. The molecular formula is C35H34Cl2SiZr. The molecule has 0 saturated heterocycles. The third-order valence-electron chi connectivity index (χ3n) is 7.16. The van der Waals surface area contributed by atoms with Crippen LogP contribution in [0.3, 0.4) is 0 Å². The zero-order valence-electron chi connectivity index (χ0n) is 23.5. The zero-order valence-corrected chi connectivity index (χ0v) is 28.5. The predicted molar refractivity (Wildman–Crippen MR) is 170 cm³/mol. The maximum atomic E-state index is 4.93. The van der Waals surface area contributed by atoms with Crippen LogP contribution in [0.2, 0.25) is 0 Å². The van der Waals surface area contributed by atoms with Gasteiger partial charge in [0.1, 0.15) is 0 Å². The molecule has 196 valence electrons. The van der Waals surface area contributed by atoms with Crippen molar-refractivity contribution in [2.75, 3.05) is 0 Å². The number of rotatable bonds is 2. The third-order valence-corrected chi connectivity index (χ3v) is 8.53. The molecule has 2 radical (unpaired) electrons. The van der Waals surface area contributed by atoms with E-state index in [1.807, 2.05) is 6.07 Å². The van der Waals surface area contributed by atoms with Crippen molar-refractivity contribution in [2.45, 2.75) is 52.9 Å². The molecular weight excluding hydrogens is 611 g/mol. The van der Waals surface area contributed by atoms with Gasteiger partial charge < -0.3 is 0 Å². The van der Waals surface area contributed by atoms with Crippen LogP contribution in [0, 0.1) is 13.0 Å². The smallest absolute Gasteiger partial charge is 0.0920 e. The number of halogens is 2. The van der Waals surface area contributed by atoms with E-state index in [2.05, 4.69) is 133 Å². The van der Waals surface area contributed by atoms with Crippen LogP contribution in [0.15, 0.2) is 91.0 Å². The van der Waals surface area contributed by atoms with E-state index in [1.54, 1.807) is 0 Å². The first-order valence-electron chi connectivity index (χ1n) is 13.3. The minimum atomic E-state index is -0.826. The van der Waals surface area contributed by atoms with Gasteiger partial charge in [0.2, 0.25) is 0 Å². The van der Waals surface area contributed by atoms with E-state index >= 15 is 0 Å². The van der Waals surface area contributed by atoms with Crippen LogP contribution in [-0.2, 0) is 26.3 Å². The molecule has 5 aromatic rings. The second kappa shape index (κ2) is 13.2. The molecule has 0 aliphatic carbocycles. The first-order chi connectivity index (χ1) is 18.7. The maximum absolute atomic E-state index is 4.93. The van der Waals surface area contributed by atoms with E-state index in [0.717, 1.165) is 9.52 Å². The van der Waals surface area contributed by atoms with E-state index in [1.165, 1.54) is 60.1 Å². The van der Waals surface area contributed by atoms with Gasteiger partial charge in [-0.25, -0.2) is 0 Å². The van der Waals surface area contributed by atoms with Gasteiger partial charge in [0.25, 0.3) is 0 Å². The topological polar surface area (TPSA) is 0 Å². The van der Waals surface area contributed by atoms with Crippen molar-refractivity contribution in [3.8, 4) is 22.3 Å². The molecule has 0 nitrogen and oxygen atoms in total. The summed E-state index contributed by atoms with van der Waals surface area (Å²) >= 11 is -0.826. The fourth-order valence-electron chi connectivity index (χ4n) is 5.09. The number of fused-ring (bicyclic) bond motifs is 4. The van der Waals surface area contributed by atoms with Crippen molar-refractivity contribution < 1.29 is 20.8 Å². The fourth-order valence-corrected chi connectivity index (χ4v) is 6.40. The Hall–Kier alpha value is -1.83. The first-order valence-corrected chi connectivity index (χ1v) is 20.6. The molecule has 0 fully saturated rings. The fraction of sp³-hybridized carbons (Fsp3) is 0.229. The van der Waals surface area contributed by atoms with Gasteiger partial charge in [0, 0.05) is 0 Å². The third kappa shape index (κ3) is 6.91. The van der Waals surface area contributed by atoms with E-state index in [-0.39, 0.29) is 5.41 Å². The monoisotopic (exact) mass is 642 g/mol. The molecule has 39 heavy (non-hydrogen) atoms. The van der Waals surface area contributed by atoms with Crippen molar-refractivity contribution in [3.05, 3.63) is 114 Å². The van der Waals surface area contributed by atoms with Gasteiger partial charge in [-0.15, -0.1) is 40.1 Å². The van der Waals surface area contributed by atoms with Crippen molar-refractivity contribution in [2.24, 2.45) is 0 Å². The van der Waals surface area contributed by atoms with Crippen LogP contribution >= 0.6 is 17.0 Å². The molecule has 0 spiro atoms. The summed E-state index contributed by atoms with van der Waals surface area (Å²) in [6, 6.07) is 36.3. The number of aryl methyl sites for hydroxylation is 1. The first kappa shape index (κ1) is 30.1. The van der Waals surface area contributed by atoms with Gasteiger partial charge in [-0.1, -0.05) is 105 Å². The summed E-state index contributed by atoms with van der Waals surface area (Å²) < 4.78 is 0. The molecule has 5 aromatic carbocycles. The van der Waals surface area contributed by atoms with E-state index in [0.29, 0.717) is 5.92 Å². The van der Waals surface area contributed by atoms with Crippen molar-refractivity contribution in [1.82, 2.24) is 0 Å². The summed E-state index contributed by atoms with van der Waals surface area (Å²) in [6.45, 7) is 13.7. The standard InChI is InChI=1S/C23H27.C12H7Si.2ClH.Zr/c1-15(2)19-12-11-17-13-18(23(4,5)6)14-21(17)22(19)20-10-8-7-9-16(20)3;1-3-7-11-9(5-1)10-6-2-4-8-12(10)13-11;;;/h7-15H,1-6H3;1-7H;2*1H;/q2*-1;;;+4/p-2. The average molecular weight is 645 g/mol. The van der Waals surface area contributed by atoms with E-state index < -0.39 is 20.8 Å². The summed E-state index contributed by atoms with van der Waals surface area (Å²) in [4.78, 5) is 0. The van der Waals surface area contributed by atoms with Gasteiger partial charge in [-0.3, -0.25) is 0 Å². The van der Waals surface area contributed by atoms with Gasteiger partial charge in [0.05, 0.1) is 9.52 Å². The van der Waals surface area contributed by atoms with Crippen LogP contribution in [-0.4, -0.2) is 9.52 Å². The Morgan fingerprint density at radius 2 is 1.49 bits per heavy atom. The van der Waals surface area contributed by atoms with E-state index in [4.69, 9.17) is 17.0 Å². The summed E-state index contributed by atoms with van der Waals surface area (Å²) in [5, 5.41) is 5.58. The Morgan fingerprint density at radius 1 is 0.846 bits per heavy atom. The molecule has 0 saturated carbocycles. The molecule has 1 aliphatic heterocycles.